The molecule has 1 aromatic heterocycles. The maximum Gasteiger partial charge on any atom is 0.103 e. The van der Waals surface area contributed by atoms with Crippen LogP contribution < -0.4 is 5.32 Å². The second-order valence-electron chi connectivity index (χ2n) is 2.56. The number of rotatable bonds is 4. The van der Waals surface area contributed by atoms with Crippen molar-refractivity contribution < 1.29 is 0 Å². The largest absolute Gasteiger partial charge is 0.341 e. The molecule has 0 spiro atoms. The third kappa shape index (κ3) is 2.84. The van der Waals surface area contributed by atoms with Crippen molar-refractivity contribution in [3.8, 4) is 0 Å². The van der Waals surface area contributed by atoms with Crippen LogP contribution in [0.5, 0.6) is 0 Å². The van der Waals surface area contributed by atoms with Gasteiger partial charge in [-0.15, -0.1) is 0 Å². The van der Waals surface area contributed by atoms with Crippen LogP contribution in [0.4, 0.5) is 0 Å². The molecule has 2 N–H and O–H groups in total. The second-order valence-corrected chi connectivity index (χ2v) is 2.56. The number of aromatic amines is 1. The van der Waals surface area contributed by atoms with E-state index in [0.29, 0.717) is 0 Å². The number of aliphatic imine (C=N–C) groups is 1. The molecule has 0 bridgehead atoms. The lowest BCUT2D eigenvalue weighted by Gasteiger charge is -1.90. The Bertz CT molecular complexity index is 251. The van der Waals surface area contributed by atoms with Gasteiger partial charge < -0.3 is 10.3 Å². The average Bonchev–Trinajstić information content (AvgIpc) is 2.45. The summed E-state index contributed by atoms with van der Waals surface area (Å²) in [5.74, 6) is 0.921. The molecular formula is C8H14N4. The highest BCUT2D eigenvalue weighted by Crippen LogP contribution is 1.90. The summed E-state index contributed by atoms with van der Waals surface area (Å²) in [7, 11) is 1.91. The van der Waals surface area contributed by atoms with Crippen LogP contribution in [0.25, 0.3) is 0 Å². The first-order chi connectivity index (χ1) is 5.83. The summed E-state index contributed by atoms with van der Waals surface area (Å²) in [6.45, 7) is 3.63. The summed E-state index contributed by atoms with van der Waals surface area (Å²) in [5, 5.41) is 3.02. The standard InChI is InChI=1S/C8H14N4/c1-7-11-6-8(12-7)5-10-4-3-9-2/h5-6,9H,3-4H2,1-2H3,(H,11,12). The molecule has 1 rings (SSSR count). The van der Waals surface area contributed by atoms with E-state index in [-0.39, 0.29) is 0 Å². The minimum atomic E-state index is 0.800. The third-order valence-corrected chi connectivity index (χ3v) is 1.44. The number of likely N-dealkylation sites (N-methyl/N-ethyl adjacent to an activating group) is 1. The number of nitrogens with zero attached hydrogens (tertiary/aromatic N) is 2. The minimum Gasteiger partial charge on any atom is -0.341 e. The van der Waals surface area contributed by atoms with E-state index in [2.05, 4.69) is 20.3 Å². The molecule has 0 fully saturated rings. The first kappa shape index (κ1) is 8.93. The van der Waals surface area contributed by atoms with Crippen LogP contribution in [-0.2, 0) is 0 Å². The molecule has 0 aliphatic heterocycles. The number of hydrogen-bond donors (Lipinski definition) is 2. The predicted octanol–water partition coefficient (Wildman–Crippen LogP) is 0.356. The van der Waals surface area contributed by atoms with Crippen LogP contribution in [-0.4, -0.2) is 36.3 Å². The van der Waals surface area contributed by atoms with Gasteiger partial charge in [-0.3, -0.25) is 4.99 Å². The van der Waals surface area contributed by atoms with Gasteiger partial charge in [0.2, 0.25) is 0 Å². The van der Waals surface area contributed by atoms with Crippen molar-refractivity contribution in [2.24, 2.45) is 4.99 Å². The summed E-state index contributed by atoms with van der Waals surface area (Å²) in [5.41, 5.74) is 0.962. The van der Waals surface area contributed by atoms with Crippen molar-refractivity contribution in [2.75, 3.05) is 20.1 Å². The summed E-state index contributed by atoms with van der Waals surface area (Å²) >= 11 is 0. The van der Waals surface area contributed by atoms with E-state index in [9.17, 15) is 0 Å². The molecule has 0 aromatic carbocycles. The molecule has 4 heteroatoms. The molecule has 0 saturated carbocycles. The highest BCUT2D eigenvalue weighted by Gasteiger charge is 1.89. The molecule has 1 aromatic rings. The Labute approximate surface area is 72.1 Å². The van der Waals surface area contributed by atoms with Gasteiger partial charge in [0.25, 0.3) is 0 Å². The zero-order valence-electron chi connectivity index (χ0n) is 7.46. The molecule has 1 heterocycles. The Hall–Kier alpha value is -1.16. The molecule has 0 atom stereocenters. The minimum absolute atomic E-state index is 0.800. The number of hydrogen-bond acceptors (Lipinski definition) is 3. The summed E-state index contributed by atoms with van der Waals surface area (Å²) in [4.78, 5) is 11.3. The zero-order chi connectivity index (χ0) is 8.81. The number of aromatic nitrogens is 2. The molecule has 0 aliphatic carbocycles. The van der Waals surface area contributed by atoms with E-state index < -0.39 is 0 Å². The van der Waals surface area contributed by atoms with E-state index in [1.54, 1.807) is 12.4 Å². The normalized spacial score (nSPS) is 11.2. The van der Waals surface area contributed by atoms with Gasteiger partial charge in [0.15, 0.2) is 0 Å². The van der Waals surface area contributed by atoms with Crippen molar-refractivity contribution in [3.63, 3.8) is 0 Å². The van der Waals surface area contributed by atoms with Crippen molar-refractivity contribution in [3.05, 3.63) is 17.7 Å². The lowest BCUT2D eigenvalue weighted by Crippen LogP contribution is -2.10. The van der Waals surface area contributed by atoms with E-state index in [1.807, 2.05) is 14.0 Å². The van der Waals surface area contributed by atoms with Gasteiger partial charge in [-0.05, 0) is 14.0 Å². The van der Waals surface area contributed by atoms with Crippen LogP contribution >= 0.6 is 0 Å². The first-order valence-corrected chi connectivity index (χ1v) is 3.99. The highest BCUT2D eigenvalue weighted by atomic mass is 14.9. The van der Waals surface area contributed by atoms with Crippen molar-refractivity contribution >= 4 is 6.21 Å². The lowest BCUT2D eigenvalue weighted by molar-refractivity contribution is 0.804. The van der Waals surface area contributed by atoms with Gasteiger partial charge in [-0.1, -0.05) is 0 Å². The van der Waals surface area contributed by atoms with Crippen LogP contribution in [0, 0.1) is 6.92 Å². The fourth-order valence-electron chi connectivity index (χ4n) is 0.845. The monoisotopic (exact) mass is 166 g/mol. The molecule has 0 amide bonds. The highest BCUT2D eigenvalue weighted by molar-refractivity contribution is 5.76. The SMILES string of the molecule is CNCCN=Cc1cnc(C)[nH]1. The second kappa shape index (κ2) is 4.66. The maximum absolute atomic E-state index is 4.19. The van der Waals surface area contributed by atoms with Crippen LogP contribution in [0.3, 0.4) is 0 Å². The van der Waals surface area contributed by atoms with Gasteiger partial charge in [-0.2, -0.15) is 0 Å². The summed E-state index contributed by atoms with van der Waals surface area (Å²) < 4.78 is 0. The molecule has 4 nitrogen and oxygen atoms in total. The zero-order valence-corrected chi connectivity index (χ0v) is 7.46. The van der Waals surface area contributed by atoms with Crippen molar-refractivity contribution in [2.45, 2.75) is 6.92 Å². The molecule has 12 heavy (non-hydrogen) atoms. The number of aryl methyl sites for hydroxylation is 1. The fourth-order valence-corrected chi connectivity index (χ4v) is 0.845. The van der Waals surface area contributed by atoms with Gasteiger partial charge in [0, 0.05) is 12.8 Å². The molecule has 0 unspecified atom stereocenters. The lowest BCUT2D eigenvalue weighted by atomic mass is 10.5. The van der Waals surface area contributed by atoms with Crippen LogP contribution in [0.2, 0.25) is 0 Å². The first-order valence-electron chi connectivity index (χ1n) is 3.99. The Morgan fingerprint density at radius 1 is 1.75 bits per heavy atom. The number of imidazole rings is 1. The predicted molar refractivity (Wildman–Crippen MR) is 49.7 cm³/mol. The molecule has 66 valence electrons. The van der Waals surface area contributed by atoms with Crippen molar-refractivity contribution in [1.82, 2.24) is 15.3 Å². The van der Waals surface area contributed by atoms with Gasteiger partial charge >= 0.3 is 0 Å². The van der Waals surface area contributed by atoms with Gasteiger partial charge in [0.05, 0.1) is 18.4 Å². The molecule has 0 saturated heterocycles. The Morgan fingerprint density at radius 3 is 3.17 bits per heavy atom. The maximum atomic E-state index is 4.19. The fraction of sp³-hybridized carbons (Fsp3) is 0.500. The average molecular weight is 166 g/mol. The van der Waals surface area contributed by atoms with E-state index in [1.165, 1.54) is 0 Å². The molecule has 0 radical (unpaired) electrons. The summed E-state index contributed by atoms with van der Waals surface area (Å²) in [6.07, 6.45) is 3.58. The topological polar surface area (TPSA) is 53.1 Å². The van der Waals surface area contributed by atoms with E-state index in [4.69, 9.17) is 0 Å². The Morgan fingerprint density at radius 2 is 2.58 bits per heavy atom. The third-order valence-electron chi connectivity index (χ3n) is 1.44. The van der Waals surface area contributed by atoms with E-state index in [0.717, 1.165) is 24.6 Å². The van der Waals surface area contributed by atoms with Crippen LogP contribution in [0.1, 0.15) is 11.5 Å². The summed E-state index contributed by atoms with van der Waals surface area (Å²) in [6, 6.07) is 0. The van der Waals surface area contributed by atoms with Gasteiger partial charge in [-0.25, -0.2) is 4.98 Å². The van der Waals surface area contributed by atoms with Gasteiger partial charge in [0.1, 0.15) is 5.82 Å². The molecular weight excluding hydrogens is 152 g/mol. The number of nitrogens with one attached hydrogen (secondary N) is 2. The number of H-pyrrole nitrogens is 1. The van der Waals surface area contributed by atoms with Crippen LogP contribution in [0.15, 0.2) is 11.2 Å². The van der Waals surface area contributed by atoms with Crippen molar-refractivity contribution in [1.29, 1.82) is 0 Å². The Kier molecular flexibility index (Phi) is 3.47. The smallest absolute Gasteiger partial charge is 0.103 e. The quantitative estimate of drug-likeness (QED) is 0.501. The van der Waals surface area contributed by atoms with E-state index >= 15 is 0 Å². The Balaban J connectivity index is 2.36. The molecule has 0 aliphatic rings.